The predicted octanol–water partition coefficient (Wildman–Crippen LogP) is 5.06. The molecule has 0 saturated carbocycles. The topological polar surface area (TPSA) is 12.9 Å². The smallest absolute Gasteiger partial charge is 0.136 e. The van der Waals surface area contributed by atoms with Gasteiger partial charge in [0.05, 0.1) is 15.7 Å². The molecule has 0 amide bonds. The van der Waals surface area contributed by atoms with Gasteiger partial charge in [0.2, 0.25) is 0 Å². The van der Waals surface area contributed by atoms with Gasteiger partial charge < -0.3 is 0 Å². The second-order valence-electron chi connectivity index (χ2n) is 4.09. The molecule has 0 aliphatic carbocycles. The van der Waals surface area contributed by atoms with Crippen LogP contribution in [0.25, 0.3) is 21.3 Å². The van der Waals surface area contributed by atoms with Crippen molar-refractivity contribution >= 4 is 33.2 Å². The summed E-state index contributed by atoms with van der Waals surface area (Å²) in [7, 11) is 0. The van der Waals surface area contributed by atoms with Crippen molar-refractivity contribution in [1.82, 2.24) is 4.98 Å². The minimum absolute atomic E-state index is 0.226. The van der Waals surface area contributed by atoms with Crippen molar-refractivity contribution < 1.29 is 4.39 Å². The molecule has 18 heavy (non-hydrogen) atoms. The zero-order chi connectivity index (χ0) is 12.7. The van der Waals surface area contributed by atoms with E-state index in [0.29, 0.717) is 21.7 Å². The summed E-state index contributed by atoms with van der Waals surface area (Å²) in [5.41, 5.74) is 4.36. The Morgan fingerprint density at radius 2 is 2.11 bits per heavy atom. The van der Waals surface area contributed by atoms with Gasteiger partial charge in [-0.2, -0.15) is 0 Å². The molecule has 90 valence electrons. The van der Waals surface area contributed by atoms with E-state index in [1.807, 2.05) is 18.2 Å². The Morgan fingerprint density at radius 3 is 2.89 bits per heavy atom. The zero-order valence-electron chi connectivity index (χ0n) is 9.58. The minimum Gasteiger partial charge on any atom is -0.244 e. The molecular weight excluding hydrogens is 269 g/mol. The molecule has 0 saturated heterocycles. The van der Waals surface area contributed by atoms with Crippen molar-refractivity contribution in [3.8, 4) is 11.1 Å². The molecule has 0 aliphatic rings. The second kappa shape index (κ2) is 4.34. The molecular formula is C14H9ClFNS. The number of aryl methyl sites for hydroxylation is 1. The Labute approximate surface area is 113 Å². The summed E-state index contributed by atoms with van der Waals surface area (Å²) in [6.45, 7) is 1.77. The molecule has 0 atom stereocenters. The Hall–Kier alpha value is -1.45. The maximum absolute atomic E-state index is 14.3. The number of nitrogens with zero attached hydrogens (tertiary/aromatic N) is 1. The first-order valence-corrected chi connectivity index (χ1v) is 6.71. The molecule has 4 heteroatoms. The number of hydrogen-bond donors (Lipinski definition) is 0. The van der Waals surface area contributed by atoms with Crippen molar-refractivity contribution in [3.63, 3.8) is 0 Å². The van der Waals surface area contributed by atoms with Crippen molar-refractivity contribution in [3.05, 3.63) is 52.2 Å². The van der Waals surface area contributed by atoms with E-state index in [1.54, 1.807) is 24.6 Å². The van der Waals surface area contributed by atoms with E-state index >= 15 is 0 Å². The SMILES string of the molecule is Cc1cc2scnc2c(-c2cccc(Cl)c2)c1F. The Morgan fingerprint density at radius 1 is 1.28 bits per heavy atom. The van der Waals surface area contributed by atoms with Crippen LogP contribution >= 0.6 is 22.9 Å². The second-order valence-corrected chi connectivity index (χ2v) is 5.41. The largest absolute Gasteiger partial charge is 0.244 e. The average molecular weight is 278 g/mol. The zero-order valence-corrected chi connectivity index (χ0v) is 11.1. The van der Waals surface area contributed by atoms with Gasteiger partial charge in [-0.15, -0.1) is 11.3 Å². The van der Waals surface area contributed by atoms with Crippen LogP contribution in [0.15, 0.2) is 35.8 Å². The third-order valence-corrected chi connectivity index (χ3v) is 3.87. The fourth-order valence-electron chi connectivity index (χ4n) is 2.01. The Bertz CT molecular complexity index is 736. The Kier molecular flexibility index (Phi) is 2.80. The van der Waals surface area contributed by atoms with Crippen LogP contribution in [0.2, 0.25) is 5.02 Å². The van der Waals surface area contributed by atoms with E-state index in [2.05, 4.69) is 4.98 Å². The standard InChI is InChI=1S/C14H9ClFNS/c1-8-5-11-14(17-7-18-11)12(13(8)16)9-3-2-4-10(15)6-9/h2-7H,1H3. The first kappa shape index (κ1) is 11.6. The van der Waals surface area contributed by atoms with Gasteiger partial charge in [-0.25, -0.2) is 9.37 Å². The van der Waals surface area contributed by atoms with Crippen LogP contribution in [0.1, 0.15) is 5.56 Å². The molecule has 0 N–H and O–H groups in total. The molecule has 0 fully saturated rings. The van der Waals surface area contributed by atoms with Gasteiger partial charge in [-0.3, -0.25) is 0 Å². The summed E-state index contributed by atoms with van der Waals surface area (Å²) in [5, 5.41) is 0.594. The third-order valence-electron chi connectivity index (χ3n) is 2.86. The highest BCUT2D eigenvalue weighted by molar-refractivity contribution is 7.16. The maximum Gasteiger partial charge on any atom is 0.136 e. The first-order valence-electron chi connectivity index (χ1n) is 5.45. The van der Waals surface area contributed by atoms with Gasteiger partial charge in [0.25, 0.3) is 0 Å². The highest BCUT2D eigenvalue weighted by atomic mass is 35.5. The van der Waals surface area contributed by atoms with Gasteiger partial charge >= 0.3 is 0 Å². The number of thiazole rings is 1. The molecule has 2 aromatic carbocycles. The van der Waals surface area contributed by atoms with Crippen molar-refractivity contribution in [2.24, 2.45) is 0 Å². The van der Waals surface area contributed by atoms with Crippen LogP contribution in [0.5, 0.6) is 0 Å². The number of rotatable bonds is 1. The summed E-state index contributed by atoms with van der Waals surface area (Å²) in [6, 6.07) is 9.03. The summed E-state index contributed by atoms with van der Waals surface area (Å²) in [4.78, 5) is 4.26. The van der Waals surface area contributed by atoms with Gasteiger partial charge in [0, 0.05) is 10.6 Å². The average Bonchev–Trinajstić information content (AvgIpc) is 2.78. The fourth-order valence-corrected chi connectivity index (χ4v) is 2.99. The normalized spacial score (nSPS) is 11.1. The van der Waals surface area contributed by atoms with E-state index in [-0.39, 0.29) is 5.82 Å². The Balaban J connectivity index is 2.40. The molecule has 0 spiro atoms. The number of aromatic nitrogens is 1. The summed E-state index contributed by atoms with van der Waals surface area (Å²) in [6.07, 6.45) is 0. The highest BCUT2D eigenvalue weighted by Crippen LogP contribution is 2.35. The molecule has 3 rings (SSSR count). The van der Waals surface area contributed by atoms with Crippen LogP contribution in [-0.4, -0.2) is 4.98 Å². The van der Waals surface area contributed by atoms with Gasteiger partial charge in [-0.1, -0.05) is 23.7 Å². The molecule has 1 heterocycles. The fraction of sp³-hybridized carbons (Fsp3) is 0.0714. The van der Waals surface area contributed by atoms with Gasteiger partial charge in [0.1, 0.15) is 5.82 Å². The summed E-state index contributed by atoms with van der Waals surface area (Å²) in [5.74, 6) is -0.226. The van der Waals surface area contributed by atoms with E-state index in [1.165, 1.54) is 11.3 Å². The highest BCUT2D eigenvalue weighted by Gasteiger charge is 2.15. The first-order chi connectivity index (χ1) is 8.66. The third kappa shape index (κ3) is 1.80. The van der Waals surface area contributed by atoms with Gasteiger partial charge in [-0.05, 0) is 36.2 Å². The van der Waals surface area contributed by atoms with E-state index in [9.17, 15) is 4.39 Å². The lowest BCUT2D eigenvalue weighted by Gasteiger charge is -2.07. The van der Waals surface area contributed by atoms with E-state index < -0.39 is 0 Å². The quantitative estimate of drug-likeness (QED) is 0.605. The number of benzene rings is 2. The van der Waals surface area contributed by atoms with E-state index in [4.69, 9.17) is 11.6 Å². The van der Waals surface area contributed by atoms with Crippen LogP contribution in [0, 0.1) is 12.7 Å². The van der Waals surface area contributed by atoms with Crippen LogP contribution in [0.4, 0.5) is 4.39 Å². The maximum atomic E-state index is 14.3. The lowest BCUT2D eigenvalue weighted by atomic mass is 10.0. The van der Waals surface area contributed by atoms with Gasteiger partial charge in [0.15, 0.2) is 0 Å². The van der Waals surface area contributed by atoms with Crippen molar-refractivity contribution in [1.29, 1.82) is 0 Å². The molecule has 0 bridgehead atoms. The summed E-state index contributed by atoms with van der Waals surface area (Å²) < 4.78 is 15.3. The molecule has 1 aromatic heterocycles. The van der Waals surface area contributed by atoms with E-state index in [0.717, 1.165) is 10.3 Å². The van der Waals surface area contributed by atoms with Crippen molar-refractivity contribution in [2.45, 2.75) is 6.92 Å². The molecule has 3 aromatic rings. The van der Waals surface area contributed by atoms with Crippen LogP contribution < -0.4 is 0 Å². The van der Waals surface area contributed by atoms with Crippen LogP contribution in [0.3, 0.4) is 0 Å². The lowest BCUT2D eigenvalue weighted by molar-refractivity contribution is 0.623. The number of fused-ring (bicyclic) bond motifs is 1. The lowest BCUT2D eigenvalue weighted by Crippen LogP contribution is -1.90. The van der Waals surface area contributed by atoms with Crippen LogP contribution in [-0.2, 0) is 0 Å². The minimum atomic E-state index is -0.226. The molecule has 0 aliphatic heterocycles. The molecule has 1 nitrogen and oxygen atoms in total. The predicted molar refractivity (Wildman–Crippen MR) is 74.8 cm³/mol. The number of hydrogen-bond acceptors (Lipinski definition) is 2. The summed E-state index contributed by atoms with van der Waals surface area (Å²) >= 11 is 7.48. The van der Waals surface area contributed by atoms with Crippen molar-refractivity contribution in [2.75, 3.05) is 0 Å². The molecule has 0 unspecified atom stereocenters. The number of halogens is 2. The monoisotopic (exact) mass is 277 g/mol. The molecule has 0 radical (unpaired) electrons.